The van der Waals surface area contributed by atoms with E-state index in [2.05, 4.69) is 132 Å². The van der Waals surface area contributed by atoms with Crippen LogP contribution < -0.4 is 27.3 Å². The van der Waals surface area contributed by atoms with Gasteiger partial charge in [-0.15, -0.1) is 16.4 Å². The lowest BCUT2D eigenvalue weighted by Gasteiger charge is -2.22. The zero-order valence-corrected chi connectivity index (χ0v) is 28.2. The first-order chi connectivity index (χ1) is 25.4. The second kappa shape index (κ2) is 12.7. The summed E-state index contributed by atoms with van der Waals surface area (Å²) in [6.45, 7) is 0. The Hall–Kier alpha value is -5.93. The molecule has 9 aromatic rings. The number of aromatic nitrogens is 2. The van der Waals surface area contributed by atoms with Gasteiger partial charge in [0.1, 0.15) is 45.1 Å². The lowest BCUT2D eigenvalue weighted by atomic mass is 9.59. The topological polar surface area (TPSA) is 17.8 Å². The predicted molar refractivity (Wildman–Crippen MR) is 225 cm³/mol. The van der Waals surface area contributed by atoms with Gasteiger partial charge in [0.25, 0.3) is 0 Å². The quantitative estimate of drug-likeness (QED) is 0.166. The highest BCUT2D eigenvalue weighted by Crippen LogP contribution is 2.46. The van der Waals surface area contributed by atoms with E-state index in [-0.39, 0.29) is 16.4 Å². The van der Waals surface area contributed by atoms with Gasteiger partial charge in [-0.25, -0.2) is 4.98 Å². The first-order valence-electron chi connectivity index (χ1n) is 17.1. The molecule has 8 aromatic carbocycles. The first kappa shape index (κ1) is 32.0. The minimum Gasteiger partial charge on any atom is -0.292 e. The summed E-state index contributed by atoms with van der Waals surface area (Å²) in [7, 11) is 31.3. The third-order valence-corrected chi connectivity index (χ3v) is 10.1. The summed E-state index contributed by atoms with van der Waals surface area (Å²) >= 11 is 0. The summed E-state index contributed by atoms with van der Waals surface area (Å²) in [6.07, 6.45) is 0. The number of benzene rings is 8. The molecule has 0 amide bonds. The van der Waals surface area contributed by atoms with Crippen molar-refractivity contribution in [3.63, 3.8) is 0 Å². The normalized spacial score (nSPS) is 11.5. The molecule has 0 aliphatic heterocycles. The van der Waals surface area contributed by atoms with Crippen LogP contribution >= 0.6 is 0 Å². The smallest absolute Gasteiger partial charge is 0.146 e. The fourth-order valence-corrected chi connectivity index (χ4v) is 7.64. The number of imidazole rings is 1. The molecule has 7 heteroatoms. The van der Waals surface area contributed by atoms with Crippen LogP contribution in [0.3, 0.4) is 0 Å². The standard InChI is InChI=1S/C45H25B5N2/c46-40-38(41(47)43(49)44(50)42(40)48)27-24-22-26(23-25-27)37-29-14-4-6-16-31(29)39(32-17-7-5-15-30(32)37)33-18-8-9-19-34(33)45-51-35-20-10-11-21-36(35)52(45)28-12-2-1-3-13-28/h1-25H. The molecule has 0 fully saturated rings. The minimum absolute atomic E-state index is 0.201. The Labute approximate surface area is 309 Å². The maximum Gasteiger partial charge on any atom is 0.146 e. The molecular formula is C45H25B5N2. The number of hydrogen-bond acceptors (Lipinski definition) is 1. The molecule has 1 aromatic heterocycles. The van der Waals surface area contributed by atoms with Gasteiger partial charge in [0.05, 0.1) is 11.0 Å². The fourth-order valence-electron chi connectivity index (χ4n) is 7.64. The summed E-state index contributed by atoms with van der Waals surface area (Å²) in [5.41, 5.74) is 11.2. The summed E-state index contributed by atoms with van der Waals surface area (Å²) in [6, 6.07) is 52.8. The zero-order chi connectivity index (χ0) is 35.5. The molecule has 0 atom stereocenters. The zero-order valence-electron chi connectivity index (χ0n) is 28.2. The van der Waals surface area contributed by atoms with Crippen LogP contribution in [-0.2, 0) is 0 Å². The van der Waals surface area contributed by atoms with Gasteiger partial charge < -0.3 is 0 Å². The second-order valence-electron chi connectivity index (χ2n) is 13.0. The summed E-state index contributed by atoms with van der Waals surface area (Å²) in [4.78, 5) is 5.25. The minimum atomic E-state index is 0.201. The van der Waals surface area contributed by atoms with Crippen LogP contribution in [0, 0.1) is 0 Å². The van der Waals surface area contributed by atoms with Crippen molar-refractivity contribution in [2.75, 3.05) is 0 Å². The van der Waals surface area contributed by atoms with Gasteiger partial charge in [-0.2, -0.15) is 0 Å². The van der Waals surface area contributed by atoms with Crippen molar-refractivity contribution in [2.24, 2.45) is 0 Å². The van der Waals surface area contributed by atoms with Crippen LogP contribution in [0.1, 0.15) is 0 Å². The lowest BCUT2D eigenvalue weighted by molar-refractivity contribution is 1.10. The lowest BCUT2D eigenvalue weighted by Crippen LogP contribution is -2.55. The predicted octanol–water partition coefficient (Wildman–Crippen LogP) is 5.97. The molecule has 0 aliphatic carbocycles. The molecule has 0 aliphatic rings. The third kappa shape index (κ3) is 4.99. The highest BCUT2D eigenvalue weighted by molar-refractivity contribution is 6.68. The number of fused-ring (bicyclic) bond motifs is 3. The van der Waals surface area contributed by atoms with Crippen molar-refractivity contribution in [2.45, 2.75) is 0 Å². The van der Waals surface area contributed by atoms with E-state index in [0.717, 1.165) is 77.5 Å². The Morgan fingerprint density at radius 1 is 0.365 bits per heavy atom. The van der Waals surface area contributed by atoms with Crippen LogP contribution in [0.25, 0.3) is 83.0 Å². The van der Waals surface area contributed by atoms with E-state index in [9.17, 15) is 0 Å². The van der Waals surface area contributed by atoms with E-state index in [1.807, 2.05) is 24.3 Å². The van der Waals surface area contributed by atoms with Gasteiger partial charge in [-0.3, -0.25) is 4.57 Å². The summed E-state index contributed by atoms with van der Waals surface area (Å²) in [5, 5.41) is 4.55. The van der Waals surface area contributed by atoms with Crippen LogP contribution in [0.4, 0.5) is 0 Å². The maximum absolute atomic E-state index is 6.43. The van der Waals surface area contributed by atoms with Gasteiger partial charge in [0.15, 0.2) is 0 Å². The molecule has 0 spiro atoms. The molecule has 0 saturated carbocycles. The monoisotopic (exact) mass is 648 g/mol. The maximum atomic E-state index is 6.43. The van der Waals surface area contributed by atoms with E-state index in [1.54, 1.807) is 0 Å². The molecule has 230 valence electrons. The fraction of sp³-hybridized carbons (Fsp3) is 0. The molecule has 9 rings (SSSR count). The molecule has 10 radical (unpaired) electrons. The number of nitrogens with zero attached hydrogens (tertiary/aromatic N) is 2. The van der Waals surface area contributed by atoms with E-state index < -0.39 is 0 Å². The summed E-state index contributed by atoms with van der Waals surface area (Å²) < 4.78 is 2.26. The van der Waals surface area contributed by atoms with Gasteiger partial charge in [0, 0.05) is 11.3 Å². The van der Waals surface area contributed by atoms with Gasteiger partial charge >= 0.3 is 0 Å². The Morgan fingerprint density at radius 3 is 1.40 bits per heavy atom. The number of rotatable bonds is 5. The molecular weight excluding hydrogens is 623 g/mol. The van der Waals surface area contributed by atoms with Gasteiger partial charge in [-0.05, 0) is 79.2 Å². The second-order valence-corrected chi connectivity index (χ2v) is 13.0. The van der Waals surface area contributed by atoms with Crippen molar-refractivity contribution in [1.82, 2.24) is 9.55 Å². The van der Waals surface area contributed by atoms with E-state index in [4.69, 9.17) is 44.2 Å². The van der Waals surface area contributed by atoms with Crippen LogP contribution in [0.2, 0.25) is 0 Å². The molecule has 0 saturated heterocycles. The van der Waals surface area contributed by atoms with Crippen LogP contribution in [-0.4, -0.2) is 48.8 Å². The third-order valence-electron chi connectivity index (χ3n) is 10.1. The van der Waals surface area contributed by atoms with E-state index >= 15 is 0 Å². The van der Waals surface area contributed by atoms with Gasteiger partial charge in [0.2, 0.25) is 0 Å². The highest BCUT2D eigenvalue weighted by atomic mass is 15.1. The largest absolute Gasteiger partial charge is 0.292 e. The molecule has 0 N–H and O–H groups in total. The number of hydrogen-bond donors (Lipinski definition) is 0. The Bertz CT molecular complexity index is 2760. The van der Waals surface area contributed by atoms with Gasteiger partial charge in [-0.1, -0.05) is 138 Å². The molecule has 2 nitrogen and oxygen atoms in total. The highest BCUT2D eigenvalue weighted by Gasteiger charge is 2.22. The summed E-state index contributed by atoms with van der Waals surface area (Å²) in [5.74, 6) is 0.887. The van der Waals surface area contributed by atoms with Crippen LogP contribution in [0.15, 0.2) is 152 Å². The Balaban J connectivity index is 1.29. The average molecular weight is 648 g/mol. The average Bonchev–Trinajstić information content (AvgIpc) is 3.59. The van der Waals surface area contributed by atoms with E-state index in [0.29, 0.717) is 16.5 Å². The molecule has 52 heavy (non-hydrogen) atoms. The Morgan fingerprint density at radius 2 is 0.808 bits per heavy atom. The Kier molecular flexibility index (Phi) is 7.81. The first-order valence-corrected chi connectivity index (χ1v) is 17.1. The van der Waals surface area contributed by atoms with Crippen LogP contribution in [0.5, 0.6) is 0 Å². The molecule has 0 unspecified atom stereocenters. The number of para-hydroxylation sites is 3. The van der Waals surface area contributed by atoms with Crippen molar-refractivity contribution in [3.05, 3.63) is 152 Å². The van der Waals surface area contributed by atoms with Crippen molar-refractivity contribution in [3.8, 4) is 50.5 Å². The molecule has 1 heterocycles. The van der Waals surface area contributed by atoms with Crippen molar-refractivity contribution in [1.29, 1.82) is 0 Å². The van der Waals surface area contributed by atoms with Crippen molar-refractivity contribution >= 4 is 99.1 Å². The van der Waals surface area contributed by atoms with E-state index in [1.165, 1.54) is 0 Å². The molecule has 0 bridgehead atoms. The van der Waals surface area contributed by atoms with Crippen molar-refractivity contribution < 1.29 is 0 Å². The SMILES string of the molecule is [B]c1c([B])c([B])c(-c2ccc(-c3c4ccccc4c(-c4ccccc4-c4nc5ccccc5n4-c4ccccc4)c4ccccc34)cc2)c([B])c1[B].